The van der Waals surface area contributed by atoms with Gasteiger partial charge in [-0.05, 0) is 73.7 Å². The number of thioether (sulfide) groups is 1. The van der Waals surface area contributed by atoms with E-state index in [9.17, 15) is 14.4 Å². The normalized spacial score (nSPS) is 18.2. The SMILES string of the molecule is CCOC(=O)C1CCCN(C(=O)c2ccc(C=C3Sc4ccccc4N(Cc4ccccc4C)C3=O)cc2)C1. The summed E-state index contributed by atoms with van der Waals surface area (Å²) >= 11 is 1.47. The summed E-state index contributed by atoms with van der Waals surface area (Å²) < 4.78 is 5.16. The Balaban J connectivity index is 1.34. The van der Waals surface area contributed by atoms with E-state index in [4.69, 9.17) is 4.74 Å². The zero-order valence-corrected chi connectivity index (χ0v) is 23.1. The standard InChI is InChI=1S/C32H32N2O4S/c1-3-38-32(37)26-11-8-18-33(20-26)30(35)24-16-14-23(15-17-24)19-29-31(36)34(21-25-10-5-4-9-22(25)2)27-12-6-7-13-28(27)39-29/h4-7,9-10,12-17,19,26H,3,8,11,18,20-21H2,1-2H3. The second-order valence-electron chi connectivity index (χ2n) is 9.86. The zero-order chi connectivity index (χ0) is 27.4. The zero-order valence-electron chi connectivity index (χ0n) is 22.3. The van der Waals surface area contributed by atoms with Gasteiger partial charge in [0, 0.05) is 23.5 Å². The highest BCUT2D eigenvalue weighted by Gasteiger charge is 2.31. The molecular formula is C32H32N2O4S. The van der Waals surface area contributed by atoms with Gasteiger partial charge in [0.25, 0.3) is 11.8 Å². The van der Waals surface area contributed by atoms with Crippen LogP contribution in [0.5, 0.6) is 0 Å². The molecule has 3 aromatic rings. The summed E-state index contributed by atoms with van der Waals surface area (Å²) in [4.78, 5) is 44.2. The molecular weight excluding hydrogens is 508 g/mol. The molecule has 6 nitrogen and oxygen atoms in total. The third-order valence-electron chi connectivity index (χ3n) is 7.21. The molecule has 0 N–H and O–H groups in total. The number of esters is 1. The number of carbonyl (C=O) groups is 3. The fraction of sp³-hybridized carbons (Fsp3) is 0.281. The first-order chi connectivity index (χ1) is 18.9. The van der Waals surface area contributed by atoms with Crippen LogP contribution in [0, 0.1) is 12.8 Å². The molecule has 2 aliphatic rings. The number of para-hydroxylation sites is 1. The molecule has 0 radical (unpaired) electrons. The summed E-state index contributed by atoms with van der Waals surface area (Å²) in [5.74, 6) is -0.638. The van der Waals surface area contributed by atoms with Gasteiger partial charge in [-0.15, -0.1) is 0 Å². The maximum Gasteiger partial charge on any atom is 0.310 e. The van der Waals surface area contributed by atoms with Crippen LogP contribution in [-0.4, -0.2) is 42.4 Å². The van der Waals surface area contributed by atoms with E-state index in [1.807, 2.05) is 59.5 Å². The van der Waals surface area contributed by atoms with Crippen molar-refractivity contribution in [2.75, 3.05) is 24.6 Å². The Morgan fingerprint density at radius 2 is 1.77 bits per heavy atom. The highest BCUT2D eigenvalue weighted by Crippen LogP contribution is 2.42. The molecule has 1 atom stereocenters. The number of anilines is 1. The molecule has 1 unspecified atom stereocenters. The summed E-state index contributed by atoms with van der Waals surface area (Å²) in [7, 11) is 0. The topological polar surface area (TPSA) is 66.9 Å². The van der Waals surface area contributed by atoms with E-state index >= 15 is 0 Å². The summed E-state index contributed by atoms with van der Waals surface area (Å²) in [6.07, 6.45) is 3.41. The number of fused-ring (bicyclic) bond motifs is 1. The second-order valence-corrected chi connectivity index (χ2v) is 10.9. The van der Waals surface area contributed by atoms with E-state index in [0.29, 0.717) is 36.7 Å². The van der Waals surface area contributed by atoms with Gasteiger partial charge in [0.1, 0.15) is 0 Å². The Bertz CT molecular complexity index is 1420. The van der Waals surface area contributed by atoms with E-state index in [2.05, 4.69) is 19.1 Å². The number of aryl methyl sites for hydroxylation is 1. The molecule has 3 aromatic carbocycles. The van der Waals surface area contributed by atoms with Gasteiger partial charge < -0.3 is 14.5 Å². The van der Waals surface area contributed by atoms with Crippen LogP contribution in [0.3, 0.4) is 0 Å². The monoisotopic (exact) mass is 540 g/mol. The Hall–Kier alpha value is -3.84. The molecule has 0 bridgehead atoms. The average Bonchev–Trinajstić information content (AvgIpc) is 2.96. The minimum Gasteiger partial charge on any atom is -0.466 e. The molecule has 0 aromatic heterocycles. The lowest BCUT2D eigenvalue weighted by molar-refractivity contribution is -0.149. The van der Waals surface area contributed by atoms with Crippen LogP contribution in [0.2, 0.25) is 0 Å². The van der Waals surface area contributed by atoms with Crippen molar-refractivity contribution in [3.05, 3.63) is 100.0 Å². The lowest BCUT2D eigenvalue weighted by atomic mass is 9.97. The number of rotatable bonds is 6. The van der Waals surface area contributed by atoms with Gasteiger partial charge in [-0.2, -0.15) is 0 Å². The van der Waals surface area contributed by atoms with Crippen LogP contribution >= 0.6 is 11.8 Å². The van der Waals surface area contributed by atoms with Crippen molar-refractivity contribution in [3.63, 3.8) is 0 Å². The minimum absolute atomic E-state index is 0.0413. The van der Waals surface area contributed by atoms with E-state index in [1.165, 1.54) is 11.8 Å². The maximum absolute atomic E-state index is 13.7. The number of hydrogen-bond donors (Lipinski definition) is 0. The molecule has 2 amide bonds. The summed E-state index contributed by atoms with van der Waals surface area (Å²) in [5, 5.41) is 0. The highest BCUT2D eigenvalue weighted by molar-refractivity contribution is 8.04. The number of amides is 2. The third-order valence-corrected chi connectivity index (χ3v) is 8.28. The quantitative estimate of drug-likeness (QED) is 0.280. The first kappa shape index (κ1) is 26.8. The fourth-order valence-corrected chi connectivity index (χ4v) is 6.11. The summed E-state index contributed by atoms with van der Waals surface area (Å²) in [5.41, 5.74) is 4.58. The lowest BCUT2D eigenvalue weighted by Crippen LogP contribution is -2.42. The predicted octanol–water partition coefficient (Wildman–Crippen LogP) is 6.09. The average molecular weight is 541 g/mol. The van der Waals surface area contributed by atoms with Crippen LogP contribution in [0.4, 0.5) is 5.69 Å². The Labute approximate surface area is 233 Å². The number of piperidine rings is 1. The summed E-state index contributed by atoms with van der Waals surface area (Å²) in [6.45, 7) is 5.70. The number of hydrogen-bond acceptors (Lipinski definition) is 5. The largest absolute Gasteiger partial charge is 0.466 e. The lowest BCUT2D eigenvalue weighted by Gasteiger charge is -2.31. The first-order valence-electron chi connectivity index (χ1n) is 13.4. The minimum atomic E-state index is -0.272. The summed E-state index contributed by atoms with van der Waals surface area (Å²) in [6, 6.07) is 23.4. The van der Waals surface area contributed by atoms with Crippen molar-refractivity contribution in [3.8, 4) is 0 Å². The molecule has 0 aliphatic carbocycles. The molecule has 2 heterocycles. The molecule has 1 saturated heterocycles. The van der Waals surface area contributed by atoms with E-state index in [-0.39, 0.29) is 23.7 Å². The Kier molecular flexibility index (Phi) is 8.17. The number of carbonyl (C=O) groups excluding carboxylic acids is 3. The van der Waals surface area contributed by atoms with Crippen LogP contribution in [0.1, 0.15) is 46.8 Å². The van der Waals surface area contributed by atoms with E-state index in [0.717, 1.165) is 40.1 Å². The molecule has 5 rings (SSSR count). The van der Waals surface area contributed by atoms with Crippen LogP contribution < -0.4 is 4.90 Å². The van der Waals surface area contributed by atoms with Gasteiger partial charge in [-0.1, -0.05) is 60.3 Å². The van der Waals surface area contributed by atoms with Crippen molar-refractivity contribution in [1.82, 2.24) is 4.90 Å². The molecule has 39 heavy (non-hydrogen) atoms. The van der Waals surface area contributed by atoms with Crippen molar-refractivity contribution in [2.24, 2.45) is 5.92 Å². The van der Waals surface area contributed by atoms with Crippen LogP contribution in [0.25, 0.3) is 6.08 Å². The molecule has 7 heteroatoms. The number of ether oxygens (including phenoxy) is 1. The van der Waals surface area contributed by atoms with Gasteiger partial charge in [0.05, 0.1) is 29.7 Å². The van der Waals surface area contributed by atoms with E-state index < -0.39 is 0 Å². The Morgan fingerprint density at radius 1 is 1.03 bits per heavy atom. The van der Waals surface area contributed by atoms with Gasteiger partial charge in [-0.25, -0.2) is 0 Å². The van der Waals surface area contributed by atoms with E-state index in [1.54, 1.807) is 24.0 Å². The smallest absolute Gasteiger partial charge is 0.310 e. The number of nitrogens with zero attached hydrogens (tertiary/aromatic N) is 2. The van der Waals surface area contributed by atoms with Crippen LogP contribution in [-0.2, 0) is 20.9 Å². The second kappa shape index (κ2) is 11.9. The first-order valence-corrected chi connectivity index (χ1v) is 14.2. The third kappa shape index (κ3) is 5.93. The Morgan fingerprint density at radius 3 is 2.54 bits per heavy atom. The fourth-order valence-electron chi connectivity index (χ4n) is 5.05. The molecule has 0 spiro atoms. The number of likely N-dealkylation sites (tertiary alicyclic amines) is 1. The van der Waals surface area contributed by atoms with Crippen molar-refractivity contribution in [1.29, 1.82) is 0 Å². The predicted molar refractivity (Wildman–Crippen MR) is 154 cm³/mol. The molecule has 200 valence electrons. The molecule has 0 saturated carbocycles. The van der Waals surface area contributed by atoms with Gasteiger partial charge in [0.15, 0.2) is 0 Å². The maximum atomic E-state index is 13.7. The van der Waals surface area contributed by atoms with Crippen molar-refractivity contribution < 1.29 is 19.1 Å². The van der Waals surface area contributed by atoms with Crippen LogP contribution in [0.15, 0.2) is 82.6 Å². The molecule has 2 aliphatic heterocycles. The van der Waals surface area contributed by atoms with Crippen molar-refractivity contribution in [2.45, 2.75) is 38.1 Å². The molecule has 1 fully saturated rings. The van der Waals surface area contributed by atoms with Crippen molar-refractivity contribution >= 4 is 41.3 Å². The van der Waals surface area contributed by atoms with Gasteiger partial charge >= 0.3 is 5.97 Å². The number of benzene rings is 3. The van der Waals surface area contributed by atoms with Gasteiger partial charge in [-0.3, -0.25) is 14.4 Å². The highest BCUT2D eigenvalue weighted by atomic mass is 32.2. The van der Waals surface area contributed by atoms with Gasteiger partial charge in [0.2, 0.25) is 0 Å².